The average Bonchev–Trinajstić information content (AvgIpc) is 2.84. The predicted molar refractivity (Wildman–Crippen MR) is 93.1 cm³/mol. The molecule has 4 heteroatoms. The van der Waals surface area contributed by atoms with Crippen molar-refractivity contribution in [1.29, 1.82) is 0 Å². The lowest BCUT2D eigenvalue weighted by atomic mass is 9.91. The molecule has 0 radical (unpaired) electrons. The van der Waals surface area contributed by atoms with Gasteiger partial charge >= 0.3 is 0 Å². The van der Waals surface area contributed by atoms with Gasteiger partial charge in [0.15, 0.2) is 5.82 Å². The number of rotatable bonds is 2. The van der Waals surface area contributed by atoms with Crippen LogP contribution >= 0.6 is 0 Å². The first-order valence-corrected chi connectivity index (χ1v) is 7.79. The van der Waals surface area contributed by atoms with Gasteiger partial charge in [-0.2, -0.15) is 0 Å². The van der Waals surface area contributed by atoms with E-state index in [2.05, 4.69) is 54.4 Å². The molecule has 0 aliphatic rings. The Balaban J connectivity index is 2.05. The maximum Gasteiger partial charge on any atom is 0.159 e. The van der Waals surface area contributed by atoms with Gasteiger partial charge in [-0.15, -0.1) is 0 Å². The Morgan fingerprint density at radius 2 is 1.78 bits per heavy atom. The minimum Gasteiger partial charge on any atom is -0.330 e. The van der Waals surface area contributed by atoms with Crippen molar-refractivity contribution in [2.75, 3.05) is 0 Å². The van der Waals surface area contributed by atoms with Gasteiger partial charge in [-0.25, -0.2) is 4.98 Å². The van der Waals surface area contributed by atoms with Crippen molar-refractivity contribution in [3.8, 4) is 22.8 Å². The Kier molecular flexibility index (Phi) is 3.76. The minimum absolute atomic E-state index is 0.0524. The molecule has 3 aromatic heterocycles. The van der Waals surface area contributed by atoms with Gasteiger partial charge in [0.25, 0.3) is 0 Å². The van der Waals surface area contributed by atoms with Gasteiger partial charge in [0.05, 0.1) is 5.69 Å². The molecule has 0 atom stereocenters. The summed E-state index contributed by atoms with van der Waals surface area (Å²) in [7, 11) is 2.02. The Labute approximate surface area is 137 Å². The van der Waals surface area contributed by atoms with Gasteiger partial charge in [0, 0.05) is 41.8 Å². The monoisotopic (exact) mass is 306 g/mol. The Morgan fingerprint density at radius 3 is 2.35 bits per heavy atom. The normalized spacial score (nSPS) is 11.7. The average molecular weight is 306 g/mol. The molecule has 0 saturated carbocycles. The van der Waals surface area contributed by atoms with E-state index in [0.717, 1.165) is 34.2 Å². The molecule has 4 nitrogen and oxygen atoms in total. The topological polar surface area (TPSA) is 43.6 Å². The Hall–Kier alpha value is -2.49. The van der Waals surface area contributed by atoms with E-state index in [4.69, 9.17) is 4.98 Å². The van der Waals surface area contributed by atoms with Crippen LogP contribution < -0.4 is 0 Å². The van der Waals surface area contributed by atoms with Crippen molar-refractivity contribution in [1.82, 2.24) is 19.5 Å². The van der Waals surface area contributed by atoms with E-state index in [0.29, 0.717) is 0 Å². The van der Waals surface area contributed by atoms with Gasteiger partial charge in [-0.1, -0.05) is 26.8 Å². The molecule has 23 heavy (non-hydrogen) atoms. The summed E-state index contributed by atoms with van der Waals surface area (Å²) >= 11 is 0. The van der Waals surface area contributed by atoms with Crippen LogP contribution in [0.2, 0.25) is 0 Å². The summed E-state index contributed by atoms with van der Waals surface area (Å²) in [5.41, 5.74) is 5.12. The van der Waals surface area contributed by atoms with E-state index in [-0.39, 0.29) is 5.41 Å². The fourth-order valence-corrected chi connectivity index (χ4v) is 2.55. The second-order valence-electron chi connectivity index (χ2n) is 6.83. The van der Waals surface area contributed by atoms with Gasteiger partial charge in [-0.3, -0.25) is 9.97 Å². The van der Waals surface area contributed by atoms with Crippen molar-refractivity contribution < 1.29 is 0 Å². The van der Waals surface area contributed by atoms with Crippen LogP contribution in [0.15, 0.2) is 42.7 Å². The molecule has 3 aromatic rings. The first kappa shape index (κ1) is 15.4. The van der Waals surface area contributed by atoms with E-state index < -0.39 is 0 Å². The molecule has 3 heterocycles. The summed E-state index contributed by atoms with van der Waals surface area (Å²) in [6.07, 6.45) is 3.71. The zero-order valence-electron chi connectivity index (χ0n) is 14.3. The summed E-state index contributed by atoms with van der Waals surface area (Å²) in [6.45, 7) is 8.58. The molecule has 118 valence electrons. The van der Waals surface area contributed by atoms with E-state index in [1.807, 2.05) is 31.4 Å². The number of nitrogens with zero attached hydrogens (tertiary/aromatic N) is 4. The Bertz CT molecular complexity index is 809. The highest BCUT2D eigenvalue weighted by molar-refractivity contribution is 5.66. The van der Waals surface area contributed by atoms with Crippen molar-refractivity contribution >= 4 is 0 Å². The van der Waals surface area contributed by atoms with Crippen LogP contribution in [0, 0.1) is 6.92 Å². The number of imidazole rings is 1. The number of aromatic nitrogens is 4. The lowest BCUT2D eigenvalue weighted by Gasteiger charge is -2.17. The summed E-state index contributed by atoms with van der Waals surface area (Å²) < 4.78 is 2.08. The molecule has 3 rings (SSSR count). The zero-order chi connectivity index (χ0) is 16.6. The smallest absolute Gasteiger partial charge is 0.159 e. The van der Waals surface area contributed by atoms with E-state index in [1.54, 1.807) is 6.20 Å². The van der Waals surface area contributed by atoms with Crippen molar-refractivity contribution in [2.45, 2.75) is 33.1 Å². The largest absolute Gasteiger partial charge is 0.330 e. The molecular formula is C19H22N4. The Morgan fingerprint density at radius 1 is 1.00 bits per heavy atom. The van der Waals surface area contributed by atoms with Crippen LogP contribution in [-0.4, -0.2) is 19.5 Å². The fourth-order valence-electron chi connectivity index (χ4n) is 2.55. The molecule has 0 fully saturated rings. The molecule has 0 saturated heterocycles. The number of hydrogen-bond acceptors (Lipinski definition) is 3. The molecule has 0 aliphatic carbocycles. The maximum absolute atomic E-state index is 4.80. The predicted octanol–water partition coefficient (Wildman–Crippen LogP) is 4.15. The SMILES string of the molecule is Cc1c(-c2ccc(C(C)(C)C)nc2)nc(-c2ccccn2)n1C. The number of hydrogen-bond donors (Lipinski definition) is 0. The third-order valence-electron chi connectivity index (χ3n) is 4.08. The molecule has 0 N–H and O–H groups in total. The van der Waals surface area contributed by atoms with Crippen LogP contribution in [0.4, 0.5) is 0 Å². The van der Waals surface area contributed by atoms with Crippen LogP contribution in [-0.2, 0) is 12.5 Å². The van der Waals surface area contributed by atoms with E-state index in [1.165, 1.54) is 0 Å². The van der Waals surface area contributed by atoms with Gasteiger partial charge in [0.2, 0.25) is 0 Å². The quantitative estimate of drug-likeness (QED) is 0.714. The van der Waals surface area contributed by atoms with Crippen LogP contribution in [0.1, 0.15) is 32.2 Å². The highest BCUT2D eigenvalue weighted by Gasteiger charge is 2.18. The molecule has 0 spiro atoms. The molecule has 0 aliphatic heterocycles. The zero-order valence-corrected chi connectivity index (χ0v) is 14.3. The molecule has 0 bridgehead atoms. The summed E-state index contributed by atoms with van der Waals surface area (Å²) in [4.78, 5) is 13.8. The van der Waals surface area contributed by atoms with Gasteiger partial charge in [0.1, 0.15) is 5.69 Å². The minimum atomic E-state index is 0.0524. The maximum atomic E-state index is 4.80. The van der Waals surface area contributed by atoms with Crippen LogP contribution in [0.25, 0.3) is 22.8 Å². The highest BCUT2D eigenvalue weighted by Crippen LogP contribution is 2.28. The first-order chi connectivity index (χ1) is 10.9. The molecular weight excluding hydrogens is 284 g/mol. The summed E-state index contributed by atoms with van der Waals surface area (Å²) in [6, 6.07) is 10.1. The molecule has 0 aromatic carbocycles. The van der Waals surface area contributed by atoms with Gasteiger partial charge < -0.3 is 4.57 Å². The lowest BCUT2D eigenvalue weighted by Crippen LogP contribution is -2.12. The molecule has 0 unspecified atom stereocenters. The second kappa shape index (κ2) is 5.61. The van der Waals surface area contributed by atoms with Crippen molar-refractivity contribution in [3.05, 3.63) is 54.1 Å². The highest BCUT2D eigenvalue weighted by atomic mass is 15.1. The summed E-state index contributed by atoms with van der Waals surface area (Å²) in [5.74, 6) is 0.873. The van der Waals surface area contributed by atoms with E-state index >= 15 is 0 Å². The first-order valence-electron chi connectivity index (χ1n) is 7.79. The van der Waals surface area contributed by atoms with Gasteiger partial charge in [-0.05, 0) is 31.2 Å². The van der Waals surface area contributed by atoms with E-state index in [9.17, 15) is 0 Å². The third kappa shape index (κ3) is 2.89. The van der Waals surface area contributed by atoms with Crippen molar-refractivity contribution in [2.24, 2.45) is 7.05 Å². The molecule has 0 amide bonds. The van der Waals surface area contributed by atoms with Crippen LogP contribution in [0.5, 0.6) is 0 Å². The summed E-state index contributed by atoms with van der Waals surface area (Å²) in [5, 5.41) is 0. The number of pyridine rings is 2. The third-order valence-corrected chi connectivity index (χ3v) is 4.08. The second-order valence-corrected chi connectivity index (χ2v) is 6.83. The van der Waals surface area contributed by atoms with Crippen molar-refractivity contribution in [3.63, 3.8) is 0 Å². The fraction of sp³-hybridized carbons (Fsp3) is 0.316. The van der Waals surface area contributed by atoms with Crippen LogP contribution in [0.3, 0.4) is 0 Å². The lowest BCUT2D eigenvalue weighted by molar-refractivity contribution is 0.569. The standard InChI is InChI=1S/C19H22N4/c1-13-17(14-9-10-16(21-12-14)19(2,3)4)22-18(23(13)5)15-8-6-7-11-20-15/h6-12H,1-5H3.